The van der Waals surface area contributed by atoms with Crippen LogP contribution in [0, 0.1) is 0 Å². The van der Waals surface area contributed by atoms with Crippen LogP contribution in [0.1, 0.15) is 12.0 Å². The van der Waals surface area contributed by atoms with Gasteiger partial charge in [-0.25, -0.2) is 0 Å². The van der Waals surface area contributed by atoms with E-state index in [9.17, 15) is 4.79 Å². The van der Waals surface area contributed by atoms with Gasteiger partial charge in [0.25, 0.3) is 0 Å². The molecule has 15 heavy (non-hydrogen) atoms. The Kier molecular flexibility index (Phi) is 5.36. The van der Waals surface area contributed by atoms with Crippen LogP contribution in [0.2, 0.25) is 0 Å². The SMILES string of the molecule is COCCC(=O)OCc1ccccc1Br. The lowest BCUT2D eigenvalue weighted by atomic mass is 10.2. The van der Waals surface area contributed by atoms with E-state index in [1.165, 1.54) is 0 Å². The average Bonchev–Trinajstić information content (AvgIpc) is 2.25. The molecule has 0 unspecified atom stereocenters. The van der Waals surface area contributed by atoms with Crippen LogP contribution < -0.4 is 0 Å². The van der Waals surface area contributed by atoms with Crippen LogP contribution >= 0.6 is 15.9 Å². The summed E-state index contributed by atoms with van der Waals surface area (Å²) in [5, 5.41) is 0. The number of hydrogen-bond donors (Lipinski definition) is 0. The first-order valence-electron chi connectivity index (χ1n) is 4.62. The molecule has 0 bridgehead atoms. The molecule has 0 spiro atoms. The summed E-state index contributed by atoms with van der Waals surface area (Å²) in [6.45, 7) is 0.693. The van der Waals surface area contributed by atoms with Gasteiger partial charge in [-0.1, -0.05) is 34.1 Å². The summed E-state index contributed by atoms with van der Waals surface area (Å²) in [7, 11) is 1.56. The van der Waals surface area contributed by atoms with Crippen molar-refractivity contribution in [2.45, 2.75) is 13.0 Å². The first-order valence-corrected chi connectivity index (χ1v) is 5.41. The van der Waals surface area contributed by atoms with E-state index in [1.807, 2.05) is 24.3 Å². The highest BCUT2D eigenvalue weighted by Gasteiger charge is 2.04. The van der Waals surface area contributed by atoms with Crippen molar-refractivity contribution >= 4 is 21.9 Å². The fourth-order valence-electron chi connectivity index (χ4n) is 1.03. The number of hydrogen-bond acceptors (Lipinski definition) is 3. The summed E-state index contributed by atoms with van der Waals surface area (Å²) in [5.41, 5.74) is 0.961. The second-order valence-electron chi connectivity index (χ2n) is 2.99. The van der Waals surface area contributed by atoms with Gasteiger partial charge in [0.15, 0.2) is 0 Å². The number of rotatable bonds is 5. The molecule has 1 rings (SSSR count). The Bertz CT molecular complexity index is 325. The highest BCUT2D eigenvalue weighted by atomic mass is 79.9. The number of benzene rings is 1. The fourth-order valence-corrected chi connectivity index (χ4v) is 1.43. The van der Waals surface area contributed by atoms with Gasteiger partial charge < -0.3 is 9.47 Å². The van der Waals surface area contributed by atoms with E-state index < -0.39 is 0 Å². The van der Waals surface area contributed by atoms with Crippen molar-refractivity contribution in [3.8, 4) is 0 Å². The molecular formula is C11H13BrO3. The van der Waals surface area contributed by atoms with Crippen LogP contribution in [0.5, 0.6) is 0 Å². The van der Waals surface area contributed by atoms with E-state index in [0.717, 1.165) is 10.0 Å². The molecule has 0 aromatic heterocycles. The average molecular weight is 273 g/mol. The van der Waals surface area contributed by atoms with Gasteiger partial charge in [0.1, 0.15) is 6.61 Å². The molecule has 0 radical (unpaired) electrons. The number of halogens is 1. The number of carbonyl (C=O) groups is 1. The molecule has 82 valence electrons. The predicted octanol–water partition coefficient (Wildman–Crippen LogP) is 2.53. The van der Waals surface area contributed by atoms with Crippen molar-refractivity contribution in [2.75, 3.05) is 13.7 Å². The highest BCUT2D eigenvalue weighted by Crippen LogP contribution is 2.16. The van der Waals surface area contributed by atoms with Gasteiger partial charge in [-0.05, 0) is 6.07 Å². The summed E-state index contributed by atoms with van der Waals surface area (Å²) in [5.74, 6) is -0.243. The lowest BCUT2D eigenvalue weighted by Crippen LogP contribution is -2.07. The van der Waals surface area contributed by atoms with Crippen LogP contribution in [0.3, 0.4) is 0 Å². The largest absolute Gasteiger partial charge is 0.461 e. The minimum absolute atomic E-state index is 0.243. The molecule has 1 aromatic carbocycles. The van der Waals surface area contributed by atoms with E-state index >= 15 is 0 Å². The zero-order valence-electron chi connectivity index (χ0n) is 8.53. The topological polar surface area (TPSA) is 35.5 Å². The predicted molar refractivity (Wildman–Crippen MR) is 60.4 cm³/mol. The molecular weight excluding hydrogens is 260 g/mol. The van der Waals surface area contributed by atoms with Crippen molar-refractivity contribution in [1.82, 2.24) is 0 Å². The Balaban J connectivity index is 2.37. The Morgan fingerprint density at radius 1 is 1.40 bits per heavy atom. The van der Waals surface area contributed by atoms with Gasteiger partial charge in [0, 0.05) is 17.1 Å². The smallest absolute Gasteiger partial charge is 0.308 e. The molecule has 0 saturated heterocycles. The summed E-state index contributed by atoms with van der Waals surface area (Å²) >= 11 is 3.38. The van der Waals surface area contributed by atoms with Crippen molar-refractivity contribution < 1.29 is 14.3 Å². The summed E-state index contributed by atoms with van der Waals surface area (Å²) < 4.78 is 10.8. The molecule has 1 aromatic rings. The summed E-state index contributed by atoms with van der Waals surface area (Å²) in [4.78, 5) is 11.2. The van der Waals surface area contributed by atoms with Gasteiger partial charge in [0.2, 0.25) is 0 Å². The van der Waals surface area contributed by atoms with E-state index in [0.29, 0.717) is 19.6 Å². The lowest BCUT2D eigenvalue weighted by molar-refractivity contribution is -0.145. The monoisotopic (exact) mass is 272 g/mol. The third kappa shape index (κ3) is 4.44. The van der Waals surface area contributed by atoms with Crippen molar-refractivity contribution in [3.63, 3.8) is 0 Å². The lowest BCUT2D eigenvalue weighted by Gasteiger charge is -2.05. The Hall–Kier alpha value is -0.870. The molecule has 0 aliphatic rings. The number of methoxy groups -OCH3 is 1. The minimum Gasteiger partial charge on any atom is -0.461 e. The van der Waals surface area contributed by atoms with E-state index in [4.69, 9.17) is 9.47 Å². The first-order chi connectivity index (χ1) is 7.24. The molecule has 4 heteroatoms. The zero-order chi connectivity index (χ0) is 11.1. The maximum absolute atomic E-state index is 11.2. The van der Waals surface area contributed by atoms with Crippen molar-refractivity contribution in [1.29, 1.82) is 0 Å². The van der Waals surface area contributed by atoms with Gasteiger partial charge in [-0.3, -0.25) is 4.79 Å². The second-order valence-corrected chi connectivity index (χ2v) is 3.85. The first kappa shape index (κ1) is 12.2. The molecule has 0 N–H and O–H groups in total. The number of esters is 1. The van der Waals surface area contributed by atoms with Gasteiger partial charge in [0.05, 0.1) is 13.0 Å². The van der Waals surface area contributed by atoms with Crippen LogP contribution in [0.15, 0.2) is 28.7 Å². The van der Waals surface area contributed by atoms with Crippen LogP contribution in [0.25, 0.3) is 0 Å². The molecule has 0 saturated carbocycles. The molecule has 0 amide bonds. The summed E-state index contributed by atoms with van der Waals surface area (Å²) in [6, 6.07) is 7.65. The molecule has 0 atom stereocenters. The van der Waals surface area contributed by atoms with Crippen LogP contribution in [0.4, 0.5) is 0 Å². The maximum Gasteiger partial charge on any atom is 0.308 e. The maximum atomic E-state index is 11.2. The van der Waals surface area contributed by atoms with Gasteiger partial charge in [-0.2, -0.15) is 0 Å². The standard InChI is InChI=1S/C11H13BrO3/c1-14-7-6-11(13)15-8-9-4-2-3-5-10(9)12/h2-5H,6-8H2,1H3. The second kappa shape index (κ2) is 6.58. The van der Waals surface area contributed by atoms with Crippen LogP contribution in [-0.2, 0) is 20.9 Å². The highest BCUT2D eigenvalue weighted by molar-refractivity contribution is 9.10. The Labute approximate surface area is 97.5 Å². The van der Waals surface area contributed by atoms with E-state index in [1.54, 1.807) is 7.11 Å². The zero-order valence-corrected chi connectivity index (χ0v) is 10.1. The van der Waals surface area contributed by atoms with Gasteiger partial charge >= 0.3 is 5.97 Å². The molecule has 0 aliphatic carbocycles. The van der Waals surface area contributed by atoms with E-state index in [-0.39, 0.29) is 5.97 Å². The quantitative estimate of drug-likeness (QED) is 0.773. The van der Waals surface area contributed by atoms with Crippen molar-refractivity contribution in [3.05, 3.63) is 34.3 Å². The Morgan fingerprint density at radius 3 is 2.80 bits per heavy atom. The normalized spacial score (nSPS) is 10.0. The Morgan fingerprint density at radius 2 is 2.13 bits per heavy atom. The van der Waals surface area contributed by atoms with E-state index in [2.05, 4.69) is 15.9 Å². The third-order valence-corrected chi connectivity index (χ3v) is 2.63. The third-order valence-electron chi connectivity index (χ3n) is 1.86. The fraction of sp³-hybridized carbons (Fsp3) is 0.364. The van der Waals surface area contributed by atoms with Crippen molar-refractivity contribution in [2.24, 2.45) is 0 Å². The number of ether oxygens (including phenoxy) is 2. The van der Waals surface area contributed by atoms with Crippen LogP contribution in [-0.4, -0.2) is 19.7 Å². The number of carbonyl (C=O) groups excluding carboxylic acids is 1. The molecule has 0 fully saturated rings. The minimum atomic E-state index is -0.243. The molecule has 0 heterocycles. The van der Waals surface area contributed by atoms with Gasteiger partial charge in [-0.15, -0.1) is 0 Å². The molecule has 3 nitrogen and oxygen atoms in total. The summed E-state index contributed by atoms with van der Waals surface area (Å²) in [6.07, 6.45) is 0.293. The molecule has 0 aliphatic heterocycles.